The Bertz CT molecular complexity index is 504. The van der Waals surface area contributed by atoms with E-state index in [1.165, 1.54) is 6.33 Å². The molecule has 3 heterocycles. The summed E-state index contributed by atoms with van der Waals surface area (Å²) in [4.78, 5) is 25.1. The standard InChI is InChI=1S/C14H21N5O2/c1-21-13-9-12(16-10-17-13)19-6-2-3-11(19)14(20)18-7-4-15-5-8-18/h9-11,15H,2-8H2,1H3. The zero-order chi connectivity index (χ0) is 14.7. The molecule has 7 nitrogen and oxygen atoms in total. The van der Waals surface area contributed by atoms with Crippen molar-refractivity contribution in [3.05, 3.63) is 12.4 Å². The maximum atomic E-state index is 12.7. The van der Waals surface area contributed by atoms with Gasteiger partial charge in [0.2, 0.25) is 11.8 Å². The largest absolute Gasteiger partial charge is 0.481 e. The van der Waals surface area contributed by atoms with Crippen LogP contribution in [0.4, 0.5) is 5.82 Å². The Hall–Kier alpha value is -1.89. The number of hydrogen-bond acceptors (Lipinski definition) is 6. The van der Waals surface area contributed by atoms with Crippen LogP contribution in [0.2, 0.25) is 0 Å². The molecular formula is C14H21N5O2. The molecule has 21 heavy (non-hydrogen) atoms. The van der Waals surface area contributed by atoms with Crippen LogP contribution in [-0.2, 0) is 4.79 Å². The minimum Gasteiger partial charge on any atom is -0.481 e. The van der Waals surface area contributed by atoms with Crippen molar-refractivity contribution in [3.8, 4) is 5.88 Å². The highest BCUT2D eigenvalue weighted by molar-refractivity contribution is 5.85. The molecule has 1 atom stereocenters. The van der Waals surface area contributed by atoms with Crippen LogP contribution in [-0.4, -0.2) is 66.7 Å². The average molecular weight is 291 g/mol. The van der Waals surface area contributed by atoms with Crippen molar-refractivity contribution in [2.45, 2.75) is 18.9 Å². The second-order valence-corrected chi connectivity index (χ2v) is 5.35. The molecule has 0 aliphatic carbocycles. The van der Waals surface area contributed by atoms with Gasteiger partial charge in [-0.1, -0.05) is 0 Å². The van der Waals surface area contributed by atoms with Crippen molar-refractivity contribution in [1.82, 2.24) is 20.2 Å². The summed E-state index contributed by atoms with van der Waals surface area (Å²) in [5.74, 6) is 1.51. The Balaban J connectivity index is 1.76. The molecular weight excluding hydrogens is 270 g/mol. The second kappa shape index (κ2) is 6.26. The topological polar surface area (TPSA) is 70.6 Å². The van der Waals surface area contributed by atoms with Crippen LogP contribution >= 0.6 is 0 Å². The molecule has 1 aromatic heterocycles. The maximum Gasteiger partial charge on any atom is 0.245 e. The fourth-order valence-electron chi connectivity index (χ4n) is 2.99. The Morgan fingerprint density at radius 1 is 1.33 bits per heavy atom. The summed E-state index contributed by atoms with van der Waals surface area (Å²) in [7, 11) is 1.58. The zero-order valence-electron chi connectivity index (χ0n) is 12.3. The van der Waals surface area contributed by atoms with Gasteiger partial charge in [0.05, 0.1) is 7.11 Å². The third-order valence-corrected chi connectivity index (χ3v) is 4.10. The normalized spacial score (nSPS) is 22.4. The van der Waals surface area contributed by atoms with Crippen LogP contribution in [0.25, 0.3) is 0 Å². The Morgan fingerprint density at radius 2 is 2.14 bits per heavy atom. The number of anilines is 1. The number of carbonyl (C=O) groups is 1. The second-order valence-electron chi connectivity index (χ2n) is 5.35. The van der Waals surface area contributed by atoms with E-state index in [1.54, 1.807) is 13.2 Å². The number of aromatic nitrogens is 2. The van der Waals surface area contributed by atoms with Crippen molar-refractivity contribution in [1.29, 1.82) is 0 Å². The quantitative estimate of drug-likeness (QED) is 0.837. The smallest absolute Gasteiger partial charge is 0.245 e. The number of piperazine rings is 1. The van der Waals surface area contributed by atoms with Crippen molar-refractivity contribution in [2.24, 2.45) is 0 Å². The first-order valence-electron chi connectivity index (χ1n) is 7.42. The molecule has 1 aromatic rings. The predicted molar refractivity (Wildman–Crippen MR) is 78.4 cm³/mol. The third-order valence-electron chi connectivity index (χ3n) is 4.10. The summed E-state index contributed by atoms with van der Waals surface area (Å²) in [6.07, 6.45) is 3.38. The van der Waals surface area contributed by atoms with Crippen molar-refractivity contribution in [2.75, 3.05) is 44.7 Å². The summed E-state index contributed by atoms with van der Waals surface area (Å²) >= 11 is 0. The van der Waals surface area contributed by atoms with Crippen LogP contribution in [0.1, 0.15) is 12.8 Å². The molecule has 7 heteroatoms. The van der Waals surface area contributed by atoms with Crippen molar-refractivity contribution >= 4 is 11.7 Å². The lowest BCUT2D eigenvalue weighted by molar-refractivity contribution is -0.133. The van der Waals surface area contributed by atoms with Crippen molar-refractivity contribution in [3.63, 3.8) is 0 Å². The predicted octanol–water partition coefficient (Wildman–Crippen LogP) is -0.114. The molecule has 2 aliphatic heterocycles. The van der Waals surface area contributed by atoms with Gasteiger partial charge in [0, 0.05) is 38.8 Å². The lowest BCUT2D eigenvalue weighted by atomic mass is 10.1. The van der Waals surface area contributed by atoms with E-state index in [4.69, 9.17) is 4.74 Å². The van der Waals surface area contributed by atoms with Gasteiger partial charge in [0.15, 0.2) is 0 Å². The molecule has 0 spiro atoms. The Kier molecular flexibility index (Phi) is 4.19. The van der Waals surface area contributed by atoms with E-state index in [0.717, 1.165) is 51.4 Å². The SMILES string of the molecule is COc1cc(N2CCCC2C(=O)N2CCNCC2)ncn1. The summed E-state index contributed by atoms with van der Waals surface area (Å²) < 4.78 is 5.15. The highest BCUT2D eigenvalue weighted by Gasteiger charge is 2.35. The molecule has 2 aliphatic rings. The molecule has 1 amide bonds. The molecule has 1 N–H and O–H groups in total. The van der Waals surface area contributed by atoms with Gasteiger partial charge in [-0.15, -0.1) is 0 Å². The van der Waals surface area contributed by atoms with Gasteiger partial charge in [-0.25, -0.2) is 9.97 Å². The molecule has 1 unspecified atom stereocenters. The minimum absolute atomic E-state index is 0.109. The Morgan fingerprint density at radius 3 is 2.90 bits per heavy atom. The lowest BCUT2D eigenvalue weighted by Crippen LogP contribution is -2.52. The van der Waals surface area contributed by atoms with E-state index in [-0.39, 0.29) is 11.9 Å². The zero-order valence-corrected chi connectivity index (χ0v) is 12.3. The Labute approximate surface area is 124 Å². The first kappa shape index (κ1) is 14.1. The highest BCUT2D eigenvalue weighted by atomic mass is 16.5. The van der Waals surface area contributed by atoms with Crippen LogP contribution in [0.5, 0.6) is 5.88 Å². The number of ether oxygens (including phenoxy) is 1. The van der Waals surface area contributed by atoms with E-state index in [1.807, 2.05) is 4.90 Å². The third kappa shape index (κ3) is 2.92. The monoisotopic (exact) mass is 291 g/mol. The van der Waals surface area contributed by atoms with Gasteiger partial charge in [0.25, 0.3) is 0 Å². The average Bonchev–Trinajstić information content (AvgIpc) is 3.04. The van der Waals surface area contributed by atoms with Gasteiger partial charge < -0.3 is 19.9 Å². The number of carbonyl (C=O) groups excluding carboxylic acids is 1. The molecule has 0 bridgehead atoms. The van der Waals surface area contributed by atoms with E-state index in [0.29, 0.717) is 5.88 Å². The first-order chi connectivity index (χ1) is 10.3. The summed E-state index contributed by atoms with van der Waals surface area (Å²) in [6.45, 7) is 4.18. The van der Waals surface area contributed by atoms with E-state index in [9.17, 15) is 4.79 Å². The van der Waals surface area contributed by atoms with Gasteiger partial charge in [-0.3, -0.25) is 4.79 Å². The lowest BCUT2D eigenvalue weighted by Gasteiger charge is -2.33. The fourth-order valence-corrected chi connectivity index (χ4v) is 2.99. The maximum absolute atomic E-state index is 12.7. The number of rotatable bonds is 3. The van der Waals surface area contributed by atoms with E-state index < -0.39 is 0 Å². The van der Waals surface area contributed by atoms with Crippen molar-refractivity contribution < 1.29 is 9.53 Å². The van der Waals surface area contributed by atoms with Crippen LogP contribution in [0.15, 0.2) is 12.4 Å². The summed E-state index contributed by atoms with van der Waals surface area (Å²) in [5, 5.41) is 3.27. The fraction of sp³-hybridized carbons (Fsp3) is 0.643. The van der Waals surface area contributed by atoms with Crippen LogP contribution in [0, 0.1) is 0 Å². The van der Waals surface area contributed by atoms with Gasteiger partial charge >= 0.3 is 0 Å². The molecule has 3 rings (SSSR count). The molecule has 114 valence electrons. The highest BCUT2D eigenvalue weighted by Crippen LogP contribution is 2.26. The number of nitrogens with zero attached hydrogens (tertiary/aromatic N) is 4. The number of amides is 1. The molecule has 0 aromatic carbocycles. The van der Waals surface area contributed by atoms with Gasteiger partial charge in [-0.2, -0.15) is 0 Å². The van der Waals surface area contributed by atoms with Crippen LogP contribution < -0.4 is 15.0 Å². The molecule has 2 fully saturated rings. The van der Waals surface area contributed by atoms with Crippen LogP contribution in [0.3, 0.4) is 0 Å². The number of hydrogen-bond donors (Lipinski definition) is 1. The first-order valence-corrected chi connectivity index (χ1v) is 7.42. The van der Waals surface area contributed by atoms with Gasteiger partial charge in [-0.05, 0) is 12.8 Å². The number of methoxy groups -OCH3 is 1. The minimum atomic E-state index is -0.109. The summed E-state index contributed by atoms with van der Waals surface area (Å²) in [5.41, 5.74) is 0. The van der Waals surface area contributed by atoms with E-state index in [2.05, 4.69) is 20.2 Å². The molecule has 2 saturated heterocycles. The van der Waals surface area contributed by atoms with Gasteiger partial charge in [0.1, 0.15) is 18.2 Å². The molecule has 0 radical (unpaired) electrons. The molecule has 0 saturated carbocycles. The summed E-state index contributed by atoms with van der Waals surface area (Å²) in [6, 6.07) is 1.69. The van der Waals surface area contributed by atoms with E-state index >= 15 is 0 Å². The number of nitrogens with one attached hydrogen (secondary N) is 1.